The fourth-order valence-corrected chi connectivity index (χ4v) is 2.28. The van der Waals surface area contributed by atoms with Crippen LogP contribution < -0.4 is 10.1 Å². The lowest BCUT2D eigenvalue weighted by Gasteiger charge is -2.23. The van der Waals surface area contributed by atoms with E-state index in [9.17, 15) is 0 Å². The van der Waals surface area contributed by atoms with Crippen molar-refractivity contribution in [1.29, 1.82) is 0 Å². The summed E-state index contributed by atoms with van der Waals surface area (Å²) in [6.07, 6.45) is 1.10. The van der Waals surface area contributed by atoms with E-state index in [4.69, 9.17) is 9.47 Å². The van der Waals surface area contributed by atoms with Crippen LogP contribution in [0.1, 0.15) is 36.1 Å². The Morgan fingerprint density at radius 3 is 2.50 bits per heavy atom. The Balaban J connectivity index is 3.08. The molecule has 0 amide bonds. The highest BCUT2D eigenvalue weighted by molar-refractivity contribution is 5.45. The Bertz CT molecular complexity index is 377. The molecule has 0 bridgehead atoms. The van der Waals surface area contributed by atoms with Crippen LogP contribution in [0.4, 0.5) is 0 Å². The summed E-state index contributed by atoms with van der Waals surface area (Å²) < 4.78 is 10.8. The lowest BCUT2D eigenvalue weighted by molar-refractivity contribution is 0.165. The molecule has 1 N–H and O–H groups in total. The molecule has 3 heteroatoms. The zero-order valence-electron chi connectivity index (χ0n) is 12.2. The lowest BCUT2D eigenvalue weighted by atomic mass is 9.98. The van der Waals surface area contributed by atoms with Crippen LogP contribution >= 0.6 is 0 Å². The molecule has 1 atom stereocenters. The lowest BCUT2D eigenvalue weighted by Crippen LogP contribution is -2.27. The van der Waals surface area contributed by atoms with E-state index in [1.54, 1.807) is 14.2 Å². The Morgan fingerprint density at radius 1 is 1.22 bits per heavy atom. The van der Waals surface area contributed by atoms with Gasteiger partial charge in [0.2, 0.25) is 0 Å². The number of hydrogen-bond acceptors (Lipinski definition) is 3. The summed E-state index contributed by atoms with van der Waals surface area (Å²) in [5.41, 5.74) is 3.68. The molecule has 102 valence electrons. The Labute approximate surface area is 110 Å². The highest BCUT2D eigenvalue weighted by Crippen LogP contribution is 2.30. The maximum absolute atomic E-state index is 5.52. The first-order valence-corrected chi connectivity index (χ1v) is 6.51. The van der Waals surface area contributed by atoms with Crippen LogP contribution in [-0.2, 0) is 4.74 Å². The first-order chi connectivity index (χ1) is 8.63. The minimum absolute atomic E-state index is 0.186. The average Bonchev–Trinajstić information content (AvgIpc) is 2.34. The normalized spacial score (nSPS) is 12.5. The molecule has 1 unspecified atom stereocenters. The zero-order chi connectivity index (χ0) is 13.5. The highest BCUT2D eigenvalue weighted by Gasteiger charge is 2.18. The van der Waals surface area contributed by atoms with E-state index in [1.165, 1.54) is 16.7 Å². The van der Waals surface area contributed by atoms with Gasteiger partial charge in [0.1, 0.15) is 5.75 Å². The van der Waals surface area contributed by atoms with Gasteiger partial charge in [-0.1, -0.05) is 13.0 Å². The predicted molar refractivity (Wildman–Crippen MR) is 75.4 cm³/mol. The largest absolute Gasteiger partial charge is 0.496 e. The molecule has 1 aromatic carbocycles. The maximum Gasteiger partial charge on any atom is 0.124 e. The number of ether oxygens (including phenoxy) is 2. The topological polar surface area (TPSA) is 30.5 Å². The second kappa shape index (κ2) is 7.39. The van der Waals surface area contributed by atoms with Gasteiger partial charge in [-0.25, -0.2) is 0 Å². The summed E-state index contributed by atoms with van der Waals surface area (Å²) in [5.74, 6) is 0.943. The average molecular weight is 251 g/mol. The standard InChI is InChI=1S/C15H25NO2/c1-6-7-16-13(10-17-4)15-12(3)8-11(2)9-14(15)18-5/h8-9,13,16H,6-7,10H2,1-5H3. The van der Waals surface area contributed by atoms with E-state index in [0.717, 1.165) is 18.7 Å². The van der Waals surface area contributed by atoms with E-state index in [0.29, 0.717) is 6.61 Å². The Hall–Kier alpha value is -1.06. The number of rotatable bonds is 7. The van der Waals surface area contributed by atoms with E-state index >= 15 is 0 Å². The van der Waals surface area contributed by atoms with Crippen molar-refractivity contribution in [2.75, 3.05) is 27.4 Å². The quantitative estimate of drug-likeness (QED) is 0.808. The van der Waals surface area contributed by atoms with Crippen LogP contribution in [0.25, 0.3) is 0 Å². The molecule has 0 fully saturated rings. The van der Waals surface area contributed by atoms with Crippen LogP contribution in [-0.4, -0.2) is 27.4 Å². The Kier molecular flexibility index (Phi) is 6.16. The third kappa shape index (κ3) is 3.72. The van der Waals surface area contributed by atoms with Crippen molar-refractivity contribution in [2.45, 2.75) is 33.2 Å². The van der Waals surface area contributed by atoms with Crippen LogP contribution in [0.2, 0.25) is 0 Å². The number of aryl methyl sites for hydroxylation is 2. The van der Waals surface area contributed by atoms with E-state index in [2.05, 4.69) is 38.2 Å². The summed E-state index contributed by atoms with van der Waals surface area (Å²) >= 11 is 0. The van der Waals surface area contributed by atoms with Gasteiger partial charge in [0, 0.05) is 12.7 Å². The SMILES string of the molecule is CCCNC(COC)c1c(C)cc(C)cc1OC. The highest BCUT2D eigenvalue weighted by atomic mass is 16.5. The van der Waals surface area contributed by atoms with Crippen molar-refractivity contribution in [3.63, 3.8) is 0 Å². The maximum atomic E-state index is 5.52. The molecule has 0 spiro atoms. The van der Waals surface area contributed by atoms with Crippen molar-refractivity contribution in [3.8, 4) is 5.75 Å². The summed E-state index contributed by atoms with van der Waals surface area (Å²) in [5, 5.41) is 3.52. The molecule has 0 radical (unpaired) electrons. The van der Waals surface area contributed by atoms with Gasteiger partial charge in [0.05, 0.1) is 19.8 Å². The molecule has 18 heavy (non-hydrogen) atoms. The van der Waals surface area contributed by atoms with Crippen LogP contribution in [0, 0.1) is 13.8 Å². The first-order valence-electron chi connectivity index (χ1n) is 6.51. The molecule has 0 heterocycles. The van der Waals surface area contributed by atoms with Crippen molar-refractivity contribution in [1.82, 2.24) is 5.32 Å². The van der Waals surface area contributed by atoms with Crippen LogP contribution in [0.5, 0.6) is 5.75 Å². The van der Waals surface area contributed by atoms with Gasteiger partial charge >= 0.3 is 0 Å². The third-order valence-corrected chi connectivity index (χ3v) is 3.04. The van der Waals surface area contributed by atoms with E-state index in [-0.39, 0.29) is 6.04 Å². The van der Waals surface area contributed by atoms with Gasteiger partial charge in [0.15, 0.2) is 0 Å². The van der Waals surface area contributed by atoms with Gasteiger partial charge in [-0.05, 0) is 44.0 Å². The molecule has 0 saturated heterocycles. The summed E-state index contributed by atoms with van der Waals surface area (Å²) in [7, 11) is 3.46. The minimum Gasteiger partial charge on any atom is -0.496 e. The number of benzene rings is 1. The van der Waals surface area contributed by atoms with Gasteiger partial charge in [0.25, 0.3) is 0 Å². The number of methoxy groups -OCH3 is 2. The summed E-state index contributed by atoms with van der Waals surface area (Å²) in [4.78, 5) is 0. The van der Waals surface area contributed by atoms with E-state index < -0.39 is 0 Å². The molecule has 0 saturated carbocycles. The predicted octanol–water partition coefficient (Wildman–Crippen LogP) is 3.00. The van der Waals surface area contributed by atoms with Gasteiger partial charge < -0.3 is 14.8 Å². The molecule has 0 aliphatic rings. The summed E-state index contributed by atoms with van der Waals surface area (Å²) in [6.45, 7) is 8.01. The molecule has 1 aromatic rings. The van der Waals surface area contributed by atoms with Crippen molar-refractivity contribution >= 4 is 0 Å². The second-order valence-corrected chi connectivity index (χ2v) is 4.66. The van der Waals surface area contributed by atoms with E-state index in [1.807, 2.05) is 0 Å². The fraction of sp³-hybridized carbons (Fsp3) is 0.600. The number of nitrogens with one attached hydrogen (secondary N) is 1. The summed E-state index contributed by atoms with van der Waals surface area (Å²) in [6, 6.07) is 4.46. The Morgan fingerprint density at radius 2 is 1.94 bits per heavy atom. The molecular formula is C15H25NO2. The van der Waals surface area contributed by atoms with Gasteiger partial charge in [-0.15, -0.1) is 0 Å². The molecule has 0 aromatic heterocycles. The third-order valence-electron chi connectivity index (χ3n) is 3.04. The number of hydrogen-bond donors (Lipinski definition) is 1. The van der Waals surface area contributed by atoms with Crippen molar-refractivity contribution in [3.05, 3.63) is 28.8 Å². The second-order valence-electron chi connectivity index (χ2n) is 4.66. The monoisotopic (exact) mass is 251 g/mol. The van der Waals surface area contributed by atoms with Crippen LogP contribution in [0.15, 0.2) is 12.1 Å². The van der Waals surface area contributed by atoms with Crippen molar-refractivity contribution in [2.24, 2.45) is 0 Å². The van der Waals surface area contributed by atoms with Gasteiger partial charge in [-0.3, -0.25) is 0 Å². The van der Waals surface area contributed by atoms with Crippen molar-refractivity contribution < 1.29 is 9.47 Å². The molecule has 0 aliphatic heterocycles. The smallest absolute Gasteiger partial charge is 0.124 e. The molecular weight excluding hydrogens is 226 g/mol. The zero-order valence-corrected chi connectivity index (χ0v) is 12.2. The fourth-order valence-electron chi connectivity index (χ4n) is 2.28. The first kappa shape index (κ1) is 15.0. The van der Waals surface area contributed by atoms with Crippen LogP contribution in [0.3, 0.4) is 0 Å². The molecule has 3 nitrogen and oxygen atoms in total. The van der Waals surface area contributed by atoms with Gasteiger partial charge in [-0.2, -0.15) is 0 Å². The minimum atomic E-state index is 0.186. The molecule has 0 aliphatic carbocycles. The molecule has 1 rings (SSSR count).